The molecule has 96 valence electrons. The van der Waals surface area contributed by atoms with Crippen molar-refractivity contribution >= 4 is 15.9 Å². The number of hydrogen-bond acceptors (Lipinski definition) is 4. The molecule has 1 N–H and O–H groups in total. The number of aromatic nitrogens is 2. The lowest BCUT2D eigenvalue weighted by atomic mass is 10.1. The highest BCUT2D eigenvalue weighted by atomic mass is 79.9. The summed E-state index contributed by atoms with van der Waals surface area (Å²) in [5, 5.41) is 11.4. The van der Waals surface area contributed by atoms with Gasteiger partial charge in [-0.15, -0.1) is 10.2 Å². The van der Waals surface area contributed by atoms with Crippen LogP contribution >= 0.6 is 15.9 Å². The molecule has 0 amide bonds. The second kappa shape index (κ2) is 6.11. The van der Waals surface area contributed by atoms with Crippen molar-refractivity contribution in [2.75, 3.05) is 13.1 Å². The topological polar surface area (TPSA) is 51.0 Å². The number of likely N-dealkylation sites (N-methyl/N-ethyl adjacent to an activating group) is 1. The van der Waals surface area contributed by atoms with Crippen LogP contribution < -0.4 is 5.32 Å². The van der Waals surface area contributed by atoms with Crippen molar-refractivity contribution in [3.05, 3.63) is 34.1 Å². The molecule has 0 spiro atoms. The van der Waals surface area contributed by atoms with Crippen LogP contribution in [0.2, 0.25) is 0 Å². The largest absolute Gasteiger partial charge is 0.421 e. The fraction of sp³-hybridized carbons (Fsp3) is 0.385. The Morgan fingerprint density at radius 1 is 1.33 bits per heavy atom. The first-order valence-corrected chi connectivity index (χ1v) is 6.79. The molecule has 0 bridgehead atoms. The predicted octanol–water partition coefficient (Wildman–Crippen LogP) is 2.96. The molecule has 4 nitrogen and oxygen atoms in total. The van der Waals surface area contributed by atoms with Crippen molar-refractivity contribution in [1.29, 1.82) is 0 Å². The molecule has 0 aliphatic heterocycles. The summed E-state index contributed by atoms with van der Waals surface area (Å²) in [4.78, 5) is 0. The van der Waals surface area contributed by atoms with Gasteiger partial charge in [0.1, 0.15) is 0 Å². The Labute approximate surface area is 115 Å². The van der Waals surface area contributed by atoms with E-state index in [1.807, 2.05) is 25.1 Å². The molecule has 0 fully saturated rings. The maximum Gasteiger partial charge on any atom is 0.247 e. The predicted molar refractivity (Wildman–Crippen MR) is 74.4 cm³/mol. The molecule has 1 heterocycles. The average Bonchev–Trinajstić information content (AvgIpc) is 2.82. The SMILES string of the molecule is CCNCCc1nnc(-c2ccc(Br)c(C)c2)o1. The van der Waals surface area contributed by atoms with Gasteiger partial charge in [0, 0.05) is 23.0 Å². The van der Waals surface area contributed by atoms with Crippen LogP contribution in [-0.4, -0.2) is 23.3 Å². The van der Waals surface area contributed by atoms with Crippen molar-refractivity contribution in [2.24, 2.45) is 0 Å². The molecule has 0 saturated heterocycles. The lowest BCUT2D eigenvalue weighted by molar-refractivity contribution is 0.496. The molecular formula is C13H16BrN3O. The molecule has 5 heteroatoms. The smallest absolute Gasteiger partial charge is 0.247 e. The van der Waals surface area contributed by atoms with Crippen molar-refractivity contribution in [3.8, 4) is 11.5 Å². The van der Waals surface area contributed by atoms with E-state index in [1.165, 1.54) is 0 Å². The van der Waals surface area contributed by atoms with E-state index < -0.39 is 0 Å². The van der Waals surface area contributed by atoms with Gasteiger partial charge in [0.05, 0.1) is 0 Å². The first-order valence-electron chi connectivity index (χ1n) is 6.00. The highest BCUT2D eigenvalue weighted by molar-refractivity contribution is 9.10. The zero-order valence-corrected chi connectivity index (χ0v) is 12.1. The van der Waals surface area contributed by atoms with E-state index >= 15 is 0 Å². The fourth-order valence-electron chi connectivity index (χ4n) is 1.62. The third kappa shape index (κ3) is 3.17. The minimum Gasteiger partial charge on any atom is -0.421 e. The number of benzene rings is 1. The van der Waals surface area contributed by atoms with Gasteiger partial charge in [0.2, 0.25) is 11.8 Å². The summed E-state index contributed by atoms with van der Waals surface area (Å²) >= 11 is 3.47. The molecule has 0 aliphatic carbocycles. The van der Waals surface area contributed by atoms with Gasteiger partial charge in [-0.25, -0.2) is 0 Å². The lowest BCUT2D eigenvalue weighted by Gasteiger charge is -2.00. The van der Waals surface area contributed by atoms with Crippen LogP contribution in [0.3, 0.4) is 0 Å². The minimum absolute atomic E-state index is 0.581. The zero-order chi connectivity index (χ0) is 13.0. The van der Waals surface area contributed by atoms with Crippen LogP contribution in [0.4, 0.5) is 0 Å². The highest BCUT2D eigenvalue weighted by Gasteiger charge is 2.09. The highest BCUT2D eigenvalue weighted by Crippen LogP contribution is 2.24. The Morgan fingerprint density at radius 3 is 2.89 bits per heavy atom. The van der Waals surface area contributed by atoms with E-state index in [9.17, 15) is 0 Å². The Kier molecular flexibility index (Phi) is 4.49. The summed E-state index contributed by atoms with van der Waals surface area (Å²) in [6, 6.07) is 6.00. The number of nitrogens with zero attached hydrogens (tertiary/aromatic N) is 2. The van der Waals surface area contributed by atoms with Crippen LogP contribution in [0.1, 0.15) is 18.4 Å². The van der Waals surface area contributed by atoms with Crippen LogP contribution in [0.5, 0.6) is 0 Å². The number of nitrogens with one attached hydrogen (secondary N) is 1. The second-order valence-electron chi connectivity index (χ2n) is 4.07. The summed E-state index contributed by atoms with van der Waals surface area (Å²) in [6.45, 7) is 5.92. The standard InChI is InChI=1S/C13H16BrN3O/c1-3-15-7-6-12-16-17-13(18-12)10-4-5-11(14)9(2)8-10/h4-5,8,15H,3,6-7H2,1-2H3. The monoisotopic (exact) mass is 309 g/mol. The molecule has 0 aliphatic rings. The summed E-state index contributed by atoms with van der Waals surface area (Å²) < 4.78 is 6.72. The van der Waals surface area contributed by atoms with E-state index in [4.69, 9.17) is 4.42 Å². The summed E-state index contributed by atoms with van der Waals surface area (Å²) in [5.74, 6) is 1.25. The minimum atomic E-state index is 0.581. The van der Waals surface area contributed by atoms with Crippen molar-refractivity contribution in [2.45, 2.75) is 20.3 Å². The summed E-state index contributed by atoms with van der Waals surface area (Å²) in [6.07, 6.45) is 0.760. The Morgan fingerprint density at radius 2 is 2.17 bits per heavy atom. The second-order valence-corrected chi connectivity index (χ2v) is 4.92. The Bertz CT molecular complexity index is 525. The summed E-state index contributed by atoms with van der Waals surface area (Å²) in [7, 11) is 0. The zero-order valence-electron chi connectivity index (χ0n) is 10.5. The molecule has 0 radical (unpaired) electrons. The van der Waals surface area contributed by atoms with Gasteiger partial charge in [0.25, 0.3) is 0 Å². The van der Waals surface area contributed by atoms with E-state index in [-0.39, 0.29) is 0 Å². The van der Waals surface area contributed by atoms with Gasteiger partial charge < -0.3 is 9.73 Å². The van der Waals surface area contributed by atoms with Crippen LogP contribution in [0, 0.1) is 6.92 Å². The molecule has 2 rings (SSSR count). The van der Waals surface area contributed by atoms with E-state index in [0.717, 1.165) is 35.1 Å². The van der Waals surface area contributed by atoms with Gasteiger partial charge in [0.15, 0.2) is 0 Å². The van der Waals surface area contributed by atoms with Gasteiger partial charge in [-0.3, -0.25) is 0 Å². The number of halogens is 1. The van der Waals surface area contributed by atoms with Crippen molar-refractivity contribution < 1.29 is 4.42 Å². The van der Waals surface area contributed by atoms with Crippen LogP contribution in [0.15, 0.2) is 27.1 Å². The number of rotatable bonds is 5. The van der Waals surface area contributed by atoms with Crippen LogP contribution in [0.25, 0.3) is 11.5 Å². The fourth-order valence-corrected chi connectivity index (χ4v) is 1.87. The van der Waals surface area contributed by atoms with Crippen LogP contribution in [-0.2, 0) is 6.42 Å². The maximum atomic E-state index is 5.63. The molecule has 0 atom stereocenters. The quantitative estimate of drug-likeness (QED) is 0.863. The number of hydrogen-bond donors (Lipinski definition) is 1. The molecule has 18 heavy (non-hydrogen) atoms. The molecule has 0 saturated carbocycles. The first kappa shape index (κ1) is 13.2. The molecule has 2 aromatic rings. The lowest BCUT2D eigenvalue weighted by Crippen LogP contribution is -2.16. The van der Waals surface area contributed by atoms with Crippen molar-refractivity contribution in [3.63, 3.8) is 0 Å². The van der Waals surface area contributed by atoms with E-state index in [1.54, 1.807) is 0 Å². The average molecular weight is 310 g/mol. The maximum absolute atomic E-state index is 5.63. The Hall–Kier alpha value is -1.20. The van der Waals surface area contributed by atoms with Gasteiger partial charge in [-0.1, -0.05) is 22.9 Å². The molecule has 0 unspecified atom stereocenters. The van der Waals surface area contributed by atoms with Crippen molar-refractivity contribution in [1.82, 2.24) is 15.5 Å². The Balaban J connectivity index is 2.11. The molecule has 1 aromatic carbocycles. The molecular weight excluding hydrogens is 294 g/mol. The normalized spacial score (nSPS) is 10.8. The van der Waals surface area contributed by atoms with Gasteiger partial charge in [-0.2, -0.15) is 0 Å². The van der Waals surface area contributed by atoms with E-state index in [0.29, 0.717) is 11.8 Å². The van der Waals surface area contributed by atoms with Gasteiger partial charge >= 0.3 is 0 Å². The third-order valence-electron chi connectivity index (χ3n) is 2.64. The first-order chi connectivity index (χ1) is 8.70. The summed E-state index contributed by atoms with van der Waals surface area (Å²) in [5.41, 5.74) is 2.11. The molecule has 1 aromatic heterocycles. The van der Waals surface area contributed by atoms with E-state index in [2.05, 4.69) is 38.4 Å². The van der Waals surface area contributed by atoms with Gasteiger partial charge in [-0.05, 0) is 37.2 Å². The number of aryl methyl sites for hydroxylation is 1. The third-order valence-corrected chi connectivity index (χ3v) is 3.53.